The number of rotatable bonds is 2. The lowest BCUT2D eigenvalue weighted by atomic mass is 9.73. The lowest BCUT2D eigenvalue weighted by Crippen LogP contribution is -2.43. The Kier molecular flexibility index (Phi) is 3.92. The van der Waals surface area contributed by atoms with Gasteiger partial charge in [0, 0.05) is 11.8 Å². The van der Waals surface area contributed by atoms with Crippen molar-refractivity contribution in [3.8, 4) is 0 Å². The maximum absolute atomic E-state index is 13.2. The summed E-state index contributed by atoms with van der Waals surface area (Å²) in [6, 6.07) is 3.15. The fraction of sp³-hybridized carbons (Fsp3) is 0.375. The molecule has 1 aromatic carbocycles. The zero-order chi connectivity index (χ0) is 15.7. The van der Waals surface area contributed by atoms with Crippen molar-refractivity contribution < 1.29 is 23.1 Å². The number of nitrogens with one attached hydrogen (secondary N) is 1. The van der Waals surface area contributed by atoms with Gasteiger partial charge in [-0.15, -0.1) is 0 Å². The van der Waals surface area contributed by atoms with Gasteiger partial charge in [-0.3, -0.25) is 9.59 Å². The first kappa shape index (κ1) is 14.7. The smallest absolute Gasteiger partial charge is 0.310 e. The van der Waals surface area contributed by atoms with Crippen LogP contribution in [0.1, 0.15) is 12.8 Å². The van der Waals surface area contributed by atoms with Gasteiger partial charge < -0.3 is 10.1 Å². The lowest BCUT2D eigenvalue weighted by molar-refractivity contribution is -0.160. The highest BCUT2D eigenvalue weighted by Gasteiger charge is 2.43. The normalized spacial score (nSPS) is 27.0. The van der Waals surface area contributed by atoms with Gasteiger partial charge >= 0.3 is 5.97 Å². The summed E-state index contributed by atoms with van der Waals surface area (Å²) in [5.41, 5.74) is 0.166. The third-order valence-electron chi connectivity index (χ3n) is 4.16. The summed E-state index contributed by atoms with van der Waals surface area (Å²) in [6.07, 6.45) is 4.95. The summed E-state index contributed by atoms with van der Waals surface area (Å²) < 4.78 is 31.1. The fourth-order valence-corrected chi connectivity index (χ4v) is 3.05. The lowest BCUT2D eigenvalue weighted by Gasteiger charge is -2.35. The molecule has 1 aliphatic heterocycles. The molecule has 116 valence electrons. The van der Waals surface area contributed by atoms with Crippen molar-refractivity contribution in [1.29, 1.82) is 0 Å². The number of benzene rings is 1. The molecule has 0 saturated carbocycles. The molecule has 1 aliphatic carbocycles. The molecule has 1 aromatic rings. The van der Waals surface area contributed by atoms with Crippen LogP contribution in [0.5, 0.6) is 0 Å². The van der Waals surface area contributed by atoms with Crippen LogP contribution in [0.4, 0.5) is 14.5 Å². The zero-order valence-corrected chi connectivity index (χ0v) is 11.7. The topological polar surface area (TPSA) is 55.4 Å². The van der Waals surface area contributed by atoms with Gasteiger partial charge in [0.05, 0.1) is 18.4 Å². The molecule has 1 heterocycles. The Morgan fingerprint density at radius 1 is 1.27 bits per heavy atom. The number of amides is 1. The number of halogens is 2. The van der Waals surface area contributed by atoms with Crippen molar-refractivity contribution >= 4 is 17.6 Å². The van der Waals surface area contributed by atoms with E-state index in [1.807, 2.05) is 12.2 Å². The van der Waals surface area contributed by atoms with Gasteiger partial charge in [-0.05, 0) is 30.9 Å². The van der Waals surface area contributed by atoms with Crippen LogP contribution in [-0.2, 0) is 14.3 Å². The van der Waals surface area contributed by atoms with E-state index in [4.69, 9.17) is 4.74 Å². The number of fused-ring (bicyclic) bond motifs is 1. The Labute approximate surface area is 126 Å². The van der Waals surface area contributed by atoms with E-state index in [2.05, 4.69) is 5.32 Å². The highest BCUT2D eigenvalue weighted by atomic mass is 19.2. The Hall–Kier alpha value is -2.24. The monoisotopic (exact) mass is 307 g/mol. The quantitative estimate of drug-likeness (QED) is 0.675. The maximum Gasteiger partial charge on any atom is 0.310 e. The molecule has 0 aromatic heterocycles. The van der Waals surface area contributed by atoms with E-state index in [1.165, 1.54) is 6.07 Å². The summed E-state index contributed by atoms with van der Waals surface area (Å²) in [6.45, 7) is 0.363. The van der Waals surface area contributed by atoms with E-state index in [0.717, 1.165) is 12.1 Å². The van der Waals surface area contributed by atoms with Gasteiger partial charge in [-0.25, -0.2) is 8.78 Å². The van der Waals surface area contributed by atoms with E-state index in [0.29, 0.717) is 19.4 Å². The van der Waals surface area contributed by atoms with E-state index in [1.54, 1.807) is 0 Å². The second kappa shape index (κ2) is 5.87. The predicted molar refractivity (Wildman–Crippen MR) is 74.8 cm³/mol. The Bertz CT molecular complexity index is 644. The van der Waals surface area contributed by atoms with Crippen molar-refractivity contribution in [2.45, 2.75) is 12.8 Å². The van der Waals surface area contributed by atoms with Gasteiger partial charge in [0.15, 0.2) is 11.6 Å². The third kappa shape index (κ3) is 2.73. The van der Waals surface area contributed by atoms with Gasteiger partial charge in [-0.1, -0.05) is 12.2 Å². The molecule has 4 nitrogen and oxygen atoms in total. The largest absolute Gasteiger partial charge is 0.465 e. The van der Waals surface area contributed by atoms with E-state index in [9.17, 15) is 18.4 Å². The number of ether oxygens (including phenoxy) is 1. The van der Waals surface area contributed by atoms with Crippen molar-refractivity contribution in [2.24, 2.45) is 17.8 Å². The third-order valence-corrected chi connectivity index (χ3v) is 4.16. The number of anilines is 1. The molecule has 1 fully saturated rings. The molecule has 22 heavy (non-hydrogen) atoms. The summed E-state index contributed by atoms with van der Waals surface area (Å²) >= 11 is 0. The van der Waals surface area contributed by atoms with Crippen molar-refractivity contribution in [2.75, 3.05) is 11.9 Å². The van der Waals surface area contributed by atoms with Crippen LogP contribution >= 0.6 is 0 Å². The first-order valence-electron chi connectivity index (χ1n) is 7.15. The first-order chi connectivity index (χ1) is 10.6. The average molecular weight is 307 g/mol. The van der Waals surface area contributed by atoms with Gasteiger partial charge in [-0.2, -0.15) is 0 Å². The number of carbonyl (C=O) groups is 2. The number of allylic oxidation sites excluding steroid dienone is 2. The van der Waals surface area contributed by atoms with Crippen LogP contribution < -0.4 is 5.32 Å². The molecule has 1 N–H and O–H groups in total. The Morgan fingerprint density at radius 2 is 2.09 bits per heavy atom. The minimum Gasteiger partial charge on any atom is -0.465 e. The molecule has 3 atom stereocenters. The maximum atomic E-state index is 13.2. The molecule has 0 radical (unpaired) electrons. The molecule has 0 bridgehead atoms. The predicted octanol–water partition coefficient (Wildman–Crippen LogP) is 2.66. The van der Waals surface area contributed by atoms with E-state index < -0.39 is 23.5 Å². The molecule has 2 aliphatic rings. The van der Waals surface area contributed by atoms with Gasteiger partial charge in [0.25, 0.3) is 0 Å². The molecule has 6 heteroatoms. The molecule has 0 spiro atoms. The molecule has 1 amide bonds. The fourth-order valence-electron chi connectivity index (χ4n) is 3.05. The van der Waals surface area contributed by atoms with Crippen molar-refractivity contribution in [3.05, 3.63) is 42.0 Å². The highest BCUT2D eigenvalue weighted by Crippen LogP contribution is 2.36. The number of hydrogen-bond donors (Lipinski definition) is 1. The van der Waals surface area contributed by atoms with Crippen LogP contribution in [-0.4, -0.2) is 18.5 Å². The second-order valence-corrected chi connectivity index (χ2v) is 5.53. The number of hydrogen-bond acceptors (Lipinski definition) is 3. The standard InChI is InChI=1S/C16H15F2NO3/c17-12-5-4-10(8-13(12)18)19-15(20)11-3-1-2-9-6-7-22-16(21)14(9)11/h1-2,4-5,8-9,11,14H,3,6-7H2,(H,19,20)/t9-,11?,14+/m1/s1. The van der Waals surface area contributed by atoms with Crippen LogP contribution in [0, 0.1) is 29.4 Å². The first-order valence-corrected chi connectivity index (χ1v) is 7.15. The minimum atomic E-state index is -1.03. The highest BCUT2D eigenvalue weighted by molar-refractivity contribution is 5.95. The van der Waals surface area contributed by atoms with Crippen molar-refractivity contribution in [3.63, 3.8) is 0 Å². The summed E-state index contributed by atoms with van der Waals surface area (Å²) in [5, 5.41) is 2.55. The van der Waals surface area contributed by atoms with Crippen molar-refractivity contribution in [1.82, 2.24) is 0 Å². The molecule has 3 rings (SSSR count). The Morgan fingerprint density at radius 3 is 2.86 bits per heavy atom. The summed E-state index contributed by atoms with van der Waals surface area (Å²) in [7, 11) is 0. The number of cyclic esters (lactones) is 1. The molecular formula is C16H15F2NO3. The van der Waals surface area contributed by atoms with Gasteiger partial charge in [0.2, 0.25) is 5.91 Å². The summed E-state index contributed by atoms with van der Waals surface area (Å²) in [5.74, 6) is -3.84. The molecule has 1 unspecified atom stereocenters. The van der Waals surface area contributed by atoms with Crippen LogP contribution in [0.3, 0.4) is 0 Å². The van der Waals surface area contributed by atoms with E-state index >= 15 is 0 Å². The van der Waals surface area contributed by atoms with Crippen LogP contribution in [0.25, 0.3) is 0 Å². The minimum absolute atomic E-state index is 0.00398. The number of esters is 1. The van der Waals surface area contributed by atoms with Crippen LogP contribution in [0.2, 0.25) is 0 Å². The Balaban J connectivity index is 1.77. The molecular weight excluding hydrogens is 292 g/mol. The average Bonchev–Trinajstić information content (AvgIpc) is 2.51. The molecule has 1 saturated heterocycles. The van der Waals surface area contributed by atoms with Crippen LogP contribution in [0.15, 0.2) is 30.4 Å². The number of carbonyl (C=O) groups excluding carboxylic acids is 2. The van der Waals surface area contributed by atoms with E-state index in [-0.39, 0.29) is 23.5 Å². The second-order valence-electron chi connectivity index (χ2n) is 5.53. The SMILES string of the molecule is O=C(Nc1ccc(F)c(F)c1)C1CC=C[C@@H]2CCOC(=O)[C@H]12. The zero-order valence-electron chi connectivity index (χ0n) is 11.7. The van der Waals surface area contributed by atoms with Gasteiger partial charge in [0.1, 0.15) is 0 Å². The summed E-state index contributed by atoms with van der Waals surface area (Å²) in [4.78, 5) is 24.3.